The third-order valence-corrected chi connectivity index (χ3v) is 8.48. The quantitative estimate of drug-likeness (QED) is 0.0560. The van der Waals surface area contributed by atoms with Gasteiger partial charge in [0.2, 0.25) is 23.6 Å². The van der Waals surface area contributed by atoms with E-state index in [1.54, 1.807) is 30.3 Å². The van der Waals surface area contributed by atoms with Gasteiger partial charge in [0.1, 0.15) is 34.0 Å². The molecule has 4 amide bonds. The molecule has 50 heavy (non-hydrogen) atoms. The van der Waals surface area contributed by atoms with E-state index in [0.29, 0.717) is 30.6 Å². The first-order valence-electron chi connectivity index (χ1n) is 15.9. The van der Waals surface area contributed by atoms with Gasteiger partial charge in [0, 0.05) is 37.4 Å². The minimum Gasteiger partial charge on any atom is -0.481 e. The Morgan fingerprint density at radius 2 is 1.38 bits per heavy atom. The van der Waals surface area contributed by atoms with Gasteiger partial charge >= 0.3 is 11.9 Å². The zero-order valence-electron chi connectivity index (χ0n) is 27.7. The number of carbonyl (C=O) groups excluding carboxylic acids is 4. The number of carboxylic acids is 2. The van der Waals surface area contributed by atoms with Gasteiger partial charge in [-0.3, -0.25) is 24.0 Å². The highest BCUT2D eigenvalue weighted by molar-refractivity contribution is 7.90. The highest BCUT2D eigenvalue weighted by atomic mass is 32.2. The predicted octanol–water partition coefficient (Wildman–Crippen LogP) is -2.03. The number of hydrogen-bond donors (Lipinski definition) is 9. The third-order valence-electron chi connectivity index (χ3n) is 7.51. The summed E-state index contributed by atoms with van der Waals surface area (Å²) < 4.78 is 23.0. The number of nitrogens with two attached hydrogens (primary N) is 2. The van der Waals surface area contributed by atoms with Crippen molar-refractivity contribution in [2.24, 2.45) is 11.5 Å². The number of aromatic amines is 1. The highest BCUT2D eigenvalue weighted by Gasteiger charge is 2.32. The number of benzene rings is 1. The molecule has 2 aromatic rings. The predicted molar refractivity (Wildman–Crippen MR) is 180 cm³/mol. The van der Waals surface area contributed by atoms with Crippen LogP contribution in [0.25, 0.3) is 0 Å². The molecule has 1 heterocycles. The van der Waals surface area contributed by atoms with Gasteiger partial charge in [0.25, 0.3) is 0 Å². The molecule has 0 aliphatic rings. The van der Waals surface area contributed by atoms with Crippen LogP contribution in [0.3, 0.4) is 0 Å². The van der Waals surface area contributed by atoms with E-state index in [0.717, 1.165) is 6.26 Å². The van der Waals surface area contributed by atoms with Crippen LogP contribution in [0.5, 0.6) is 0 Å². The molecule has 0 radical (unpaired) electrons. The van der Waals surface area contributed by atoms with Crippen molar-refractivity contribution >= 4 is 45.4 Å². The average molecular weight is 723 g/mol. The number of sulfone groups is 1. The van der Waals surface area contributed by atoms with Crippen molar-refractivity contribution in [3.8, 4) is 0 Å². The van der Waals surface area contributed by atoms with Crippen molar-refractivity contribution in [3.05, 3.63) is 54.1 Å². The lowest BCUT2D eigenvalue weighted by Crippen LogP contribution is -2.59. The van der Waals surface area contributed by atoms with Crippen LogP contribution in [0.1, 0.15) is 49.8 Å². The van der Waals surface area contributed by atoms with Gasteiger partial charge in [-0.25, -0.2) is 18.2 Å². The molecule has 1 aromatic carbocycles. The molecule has 1 aromatic heterocycles. The van der Waals surface area contributed by atoms with Crippen LogP contribution < -0.4 is 32.7 Å². The standard InChI is InChI=1S/C31H46N8O10S/c1-50(48,49)14-12-21(33)27(42)36-22(10-11-26(40)41)28(43)39-25(16-20-17-34-18-35-20)30(45)38-24(15-19-7-3-2-4-8-19)29(44)37-23(31(46)47)9-5-6-13-32/h2-4,7-8,17-18,21-25H,5-6,9-16,32-33H2,1H3,(H,34,35)(H,36,42)(H,37,44)(H,38,45)(H,39,43)(H,40,41)(H,46,47)/t21-,22-,23+,24-,25-/m0/s1. The van der Waals surface area contributed by atoms with Crippen LogP contribution in [0.15, 0.2) is 42.9 Å². The molecule has 0 aliphatic carbocycles. The molecule has 0 unspecified atom stereocenters. The largest absolute Gasteiger partial charge is 0.481 e. The number of aromatic nitrogens is 2. The molecule has 0 spiro atoms. The number of unbranched alkanes of at least 4 members (excludes halogenated alkanes) is 1. The second-order valence-electron chi connectivity index (χ2n) is 11.8. The van der Waals surface area contributed by atoms with Crippen molar-refractivity contribution in [1.82, 2.24) is 31.2 Å². The fraction of sp³-hybridized carbons (Fsp3) is 0.516. The minimum atomic E-state index is -3.45. The highest BCUT2D eigenvalue weighted by Crippen LogP contribution is 2.09. The van der Waals surface area contributed by atoms with E-state index >= 15 is 0 Å². The smallest absolute Gasteiger partial charge is 0.326 e. The molecule has 11 N–H and O–H groups in total. The van der Waals surface area contributed by atoms with E-state index in [1.807, 2.05) is 0 Å². The van der Waals surface area contributed by atoms with Gasteiger partial charge in [0.15, 0.2) is 0 Å². The van der Waals surface area contributed by atoms with Crippen molar-refractivity contribution in [3.63, 3.8) is 0 Å². The number of amides is 4. The van der Waals surface area contributed by atoms with Crippen molar-refractivity contribution in [2.45, 2.75) is 81.6 Å². The van der Waals surface area contributed by atoms with Crippen LogP contribution in [-0.4, -0.2) is 113 Å². The maximum Gasteiger partial charge on any atom is 0.326 e. The van der Waals surface area contributed by atoms with Crippen molar-refractivity contribution in [1.29, 1.82) is 0 Å². The first kappa shape index (κ1) is 41.3. The Morgan fingerprint density at radius 1 is 0.800 bits per heavy atom. The molecule has 0 fully saturated rings. The lowest BCUT2D eigenvalue weighted by molar-refractivity contribution is -0.142. The molecule has 2 rings (SSSR count). The number of carbonyl (C=O) groups is 6. The van der Waals surface area contributed by atoms with E-state index < -0.39 is 94.2 Å². The van der Waals surface area contributed by atoms with Crippen LogP contribution in [0, 0.1) is 0 Å². The van der Waals surface area contributed by atoms with Crippen LogP contribution in [0.4, 0.5) is 0 Å². The summed E-state index contributed by atoms with van der Waals surface area (Å²) in [6.07, 6.45) is 3.34. The number of hydrogen-bond acceptors (Lipinski definition) is 11. The fourth-order valence-electron chi connectivity index (χ4n) is 4.74. The molecule has 0 bridgehead atoms. The Kier molecular flexibility index (Phi) is 17.0. The summed E-state index contributed by atoms with van der Waals surface area (Å²) in [7, 11) is -3.45. The molecular formula is C31H46N8O10S. The second kappa shape index (κ2) is 20.6. The Hall–Kier alpha value is -4.88. The van der Waals surface area contributed by atoms with Crippen LogP contribution in [0.2, 0.25) is 0 Å². The first-order chi connectivity index (χ1) is 23.6. The summed E-state index contributed by atoms with van der Waals surface area (Å²) in [5.41, 5.74) is 12.4. The number of nitrogens with one attached hydrogen (secondary N) is 5. The Bertz CT molecular complexity index is 1540. The molecular weight excluding hydrogens is 676 g/mol. The van der Waals surface area contributed by atoms with Gasteiger partial charge < -0.3 is 47.9 Å². The van der Waals surface area contributed by atoms with Gasteiger partial charge in [0.05, 0.1) is 18.1 Å². The summed E-state index contributed by atoms with van der Waals surface area (Å²) in [6.45, 7) is 0.341. The number of rotatable bonds is 23. The van der Waals surface area contributed by atoms with Crippen molar-refractivity contribution in [2.75, 3.05) is 18.6 Å². The van der Waals surface area contributed by atoms with E-state index in [9.17, 15) is 47.4 Å². The lowest BCUT2D eigenvalue weighted by Gasteiger charge is -2.26. The van der Waals surface area contributed by atoms with E-state index in [2.05, 4.69) is 31.2 Å². The van der Waals surface area contributed by atoms with Crippen molar-refractivity contribution < 1.29 is 47.4 Å². The Morgan fingerprint density at radius 3 is 1.92 bits per heavy atom. The molecule has 5 atom stereocenters. The molecule has 18 nitrogen and oxygen atoms in total. The number of imidazole rings is 1. The Labute approximate surface area is 289 Å². The molecule has 0 saturated heterocycles. The monoisotopic (exact) mass is 722 g/mol. The zero-order chi connectivity index (χ0) is 37.3. The van der Waals surface area contributed by atoms with Crippen LogP contribution >= 0.6 is 0 Å². The molecule has 276 valence electrons. The number of aliphatic carboxylic acids is 2. The van der Waals surface area contributed by atoms with E-state index in [4.69, 9.17) is 11.5 Å². The summed E-state index contributed by atoms with van der Waals surface area (Å²) in [4.78, 5) is 83.5. The first-order valence-corrected chi connectivity index (χ1v) is 18.0. The number of carboxylic acid groups (broad SMARTS) is 2. The second-order valence-corrected chi connectivity index (χ2v) is 14.1. The number of H-pyrrole nitrogens is 1. The van der Waals surface area contributed by atoms with Gasteiger partial charge in [-0.05, 0) is 44.2 Å². The maximum absolute atomic E-state index is 13.8. The normalized spacial score (nSPS) is 14.3. The summed E-state index contributed by atoms with van der Waals surface area (Å²) in [5, 5.41) is 28.9. The molecule has 0 aliphatic heterocycles. The zero-order valence-corrected chi connectivity index (χ0v) is 28.5. The minimum absolute atomic E-state index is 0.0407. The van der Waals surface area contributed by atoms with Gasteiger partial charge in [-0.2, -0.15) is 0 Å². The maximum atomic E-state index is 13.8. The van der Waals surface area contributed by atoms with Gasteiger partial charge in [-0.15, -0.1) is 0 Å². The van der Waals surface area contributed by atoms with E-state index in [1.165, 1.54) is 12.5 Å². The fourth-order valence-corrected chi connectivity index (χ4v) is 5.42. The van der Waals surface area contributed by atoms with Crippen LogP contribution in [-0.2, 0) is 51.4 Å². The van der Waals surface area contributed by atoms with Gasteiger partial charge in [-0.1, -0.05) is 30.3 Å². The topological polar surface area (TPSA) is 306 Å². The Balaban J connectivity index is 2.34. The number of nitrogens with zero attached hydrogens (tertiary/aromatic N) is 1. The summed E-state index contributed by atoms with van der Waals surface area (Å²) in [6, 6.07) is 1.83. The molecule has 0 saturated carbocycles. The average Bonchev–Trinajstić information content (AvgIpc) is 3.57. The summed E-state index contributed by atoms with van der Waals surface area (Å²) in [5.74, 6) is -6.45. The lowest BCUT2D eigenvalue weighted by atomic mass is 10.0. The SMILES string of the molecule is CS(=O)(=O)CC[C@H](N)C(=O)N[C@@H](CCC(=O)O)C(=O)N[C@@H](Cc1cnc[nH]1)C(=O)N[C@@H](Cc1ccccc1)C(=O)N[C@H](CCCCN)C(=O)O. The summed E-state index contributed by atoms with van der Waals surface area (Å²) >= 11 is 0. The molecule has 19 heteroatoms. The van der Waals surface area contributed by atoms with E-state index in [-0.39, 0.29) is 25.7 Å². The third kappa shape index (κ3) is 15.6.